The van der Waals surface area contributed by atoms with E-state index in [1.54, 1.807) is 6.07 Å². The average Bonchev–Trinajstić information content (AvgIpc) is 2.72. The van der Waals surface area contributed by atoms with Gasteiger partial charge < -0.3 is 5.73 Å². The van der Waals surface area contributed by atoms with Crippen molar-refractivity contribution in [3.63, 3.8) is 0 Å². The summed E-state index contributed by atoms with van der Waals surface area (Å²) >= 11 is 0. The van der Waals surface area contributed by atoms with Gasteiger partial charge in [0.2, 0.25) is 0 Å². The molecule has 0 bridgehead atoms. The lowest BCUT2D eigenvalue weighted by molar-refractivity contribution is -0.141. The number of alkyl halides is 3. The normalized spacial score (nSPS) is 11.8. The fourth-order valence-corrected chi connectivity index (χ4v) is 1.80. The fourth-order valence-electron chi connectivity index (χ4n) is 1.80. The van der Waals surface area contributed by atoms with Crippen molar-refractivity contribution < 1.29 is 13.2 Å². The molecule has 0 aromatic carbocycles. The molecular formula is C12H13F3N4. The molecule has 0 radical (unpaired) electrons. The van der Waals surface area contributed by atoms with E-state index in [2.05, 4.69) is 10.1 Å². The summed E-state index contributed by atoms with van der Waals surface area (Å²) in [7, 11) is 1.45. The first-order valence-corrected chi connectivity index (χ1v) is 5.69. The number of halogens is 3. The second kappa shape index (κ2) is 4.56. The van der Waals surface area contributed by atoms with Crippen LogP contribution in [0.25, 0.3) is 11.4 Å². The summed E-state index contributed by atoms with van der Waals surface area (Å²) in [6.07, 6.45) is -2.32. The Morgan fingerprint density at radius 1 is 1.32 bits per heavy atom. The molecule has 0 spiro atoms. The number of nitrogens with two attached hydrogens (primary N) is 1. The third kappa shape index (κ3) is 2.54. The van der Waals surface area contributed by atoms with E-state index in [1.807, 2.05) is 6.92 Å². The highest BCUT2D eigenvalue weighted by Gasteiger charge is 2.34. The van der Waals surface area contributed by atoms with E-state index in [0.29, 0.717) is 23.5 Å². The van der Waals surface area contributed by atoms with E-state index < -0.39 is 11.9 Å². The number of hydrogen-bond donors (Lipinski definition) is 1. The molecule has 0 aliphatic carbocycles. The van der Waals surface area contributed by atoms with Gasteiger partial charge >= 0.3 is 6.18 Å². The van der Waals surface area contributed by atoms with Crippen molar-refractivity contribution in [2.24, 2.45) is 7.05 Å². The Balaban J connectivity index is 2.50. The van der Waals surface area contributed by atoms with Crippen molar-refractivity contribution in [2.45, 2.75) is 19.5 Å². The molecule has 0 unspecified atom stereocenters. The van der Waals surface area contributed by atoms with Crippen LogP contribution in [0.15, 0.2) is 18.3 Å². The highest BCUT2D eigenvalue weighted by atomic mass is 19.4. The minimum absolute atomic E-state index is 0.307. The molecule has 19 heavy (non-hydrogen) atoms. The van der Waals surface area contributed by atoms with Gasteiger partial charge in [0.05, 0.1) is 23.3 Å². The van der Waals surface area contributed by atoms with Gasteiger partial charge in [-0.25, -0.2) is 0 Å². The molecule has 2 N–H and O–H groups in total. The van der Waals surface area contributed by atoms with Gasteiger partial charge in [0, 0.05) is 7.05 Å². The second-order valence-electron chi connectivity index (χ2n) is 4.16. The highest BCUT2D eigenvalue weighted by molar-refractivity contribution is 5.60. The smallest absolute Gasteiger partial charge is 0.397 e. The number of hydrogen-bond acceptors (Lipinski definition) is 3. The Bertz CT molecular complexity index is 602. The summed E-state index contributed by atoms with van der Waals surface area (Å²) in [5.74, 6) is 0. The van der Waals surface area contributed by atoms with Gasteiger partial charge in [0.25, 0.3) is 0 Å². The number of nitrogens with zero attached hydrogens (tertiary/aromatic N) is 3. The van der Waals surface area contributed by atoms with Crippen LogP contribution in [-0.2, 0) is 19.6 Å². The summed E-state index contributed by atoms with van der Waals surface area (Å²) in [6.45, 7) is 1.92. The third-order valence-electron chi connectivity index (χ3n) is 2.84. The SMILES string of the molecule is CCc1cc(-c2cc(C(F)(F)F)nn2C)ncc1N. The quantitative estimate of drug-likeness (QED) is 0.912. The van der Waals surface area contributed by atoms with E-state index in [1.165, 1.54) is 17.9 Å². The Morgan fingerprint density at radius 2 is 2.00 bits per heavy atom. The zero-order chi connectivity index (χ0) is 14.2. The molecular weight excluding hydrogens is 257 g/mol. The number of aryl methyl sites for hydroxylation is 2. The van der Waals surface area contributed by atoms with Gasteiger partial charge in [-0.2, -0.15) is 18.3 Å². The molecule has 102 valence electrons. The van der Waals surface area contributed by atoms with E-state index in [0.717, 1.165) is 11.6 Å². The van der Waals surface area contributed by atoms with Crippen LogP contribution in [0.5, 0.6) is 0 Å². The summed E-state index contributed by atoms with van der Waals surface area (Å²) in [4.78, 5) is 4.06. The van der Waals surface area contributed by atoms with E-state index >= 15 is 0 Å². The Hall–Kier alpha value is -2.05. The van der Waals surface area contributed by atoms with Crippen molar-refractivity contribution in [1.82, 2.24) is 14.8 Å². The maximum absolute atomic E-state index is 12.6. The number of aromatic nitrogens is 3. The van der Waals surface area contributed by atoms with Gasteiger partial charge in [0.1, 0.15) is 0 Å². The molecule has 2 aromatic heterocycles. The Kier molecular flexibility index (Phi) is 3.21. The molecule has 0 saturated carbocycles. The zero-order valence-corrected chi connectivity index (χ0v) is 10.5. The molecule has 0 atom stereocenters. The minimum Gasteiger partial charge on any atom is -0.397 e. The van der Waals surface area contributed by atoms with Gasteiger partial charge in [-0.1, -0.05) is 6.92 Å². The summed E-state index contributed by atoms with van der Waals surface area (Å²) in [6, 6.07) is 2.67. The summed E-state index contributed by atoms with van der Waals surface area (Å²) < 4.78 is 38.9. The zero-order valence-electron chi connectivity index (χ0n) is 10.5. The van der Waals surface area contributed by atoms with Crippen LogP contribution in [0.3, 0.4) is 0 Å². The lowest BCUT2D eigenvalue weighted by Gasteiger charge is -2.06. The maximum atomic E-state index is 12.6. The van der Waals surface area contributed by atoms with Crippen LogP contribution in [0, 0.1) is 0 Å². The fraction of sp³-hybridized carbons (Fsp3) is 0.333. The predicted octanol–water partition coefficient (Wildman–Crippen LogP) is 2.65. The molecule has 2 heterocycles. The van der Waals surface area contributed by atoms with Crippen molar-refractivity contribution in [3.05, 3.63) is 29.6 Å². The summed E-state index contributed by atoms with van der Waals surface area (Å²) in [5.41, 5.74) is 6.91. The largest absolute Gasteiger partial charge is 0.435 e. The monoisotopic (exact) mass is 270 g/mol. The second-order valence-corrected chi connectivity index (χ2v) is 4.16. The van der Waals surface area contributed by atoms with Gasteiger partial charge in [-0.3, -0.25) is 9.67 Å². The average molecular weight is 270 g/mol. The lowest BCUT2D eigenvalue weighted by Crippen LogP contribution is -2.06. The standard InChI is InChI=1S/C12H13F3N4/c1-3-7-4-9(17-6-8(7)16)10-5-11(12(13,14)15)18-19(10)2/h4-6H,3,16H2,1-2H3. The van der Waals surface area contributed by atoms with E-state index in [4.69, 9.17) is 5.73 Å². The van der Waals surface area contributed by atoms with Crippen LogP contribution in [0.2, 0.25) is 0 Å². The molecule has 7 heteroatoms. The molecule has 0 fully saturated rings. The molecule has 2 aromatic rings. The van der Waals surface area contributed by atoms with Gasteiger partial charge in [0.15, 0.2) is 5.69 Å². The number of anilines is 1. The van der Waals surface area contributed by atoms with Crippen LogP contribution in [0.1, 0.15) is 18.2 Å². The van der Waals surface area contributed by atoms with E-state index in [-0.39, 0.29) is 0 Å². The third-order valence-corrected chi connectivity index (χ3v) is 2.84. The van der Waals surface area contributed by atoms with Crippen molar-refractivity contribution >= 4 is 5.69 Å². The first kappa shape index (κ1) is 13.4. The van der Waals surface area contributed by atoms with Crippen LogP contribution >= 0.6 is 0 Å². The van der Waals surface area contributed by atoms with E-state index in [9.17, 15) is 13.2 Å². The van der Waals surface area contributed by atoms with Gasteiger partial charge in [-0.05, 0) is 24.1 Å². The molecule has 0 saturated heterocycles. The maximum Gasteiger partial charge on any atom is 0.435 e. The first-order chi connectivity index (χ1) is 8.82. The first-order valence-electron chi connectivity index (χ1n) is 5.69. The highest BCUT2D eigenvalue weighted by Crippen LogP contribution is 2.31. The van der Waals surface area contributed by atoms with Crippen LogP contribution in [-0.4, -0.2) is 14.8 Å². The molecule has 0 amide bonds. The Morgan fingerprint density at radius 3 is 2.53 bits per heavy atom. The van der Waals surface area contributed by atoms with Crippen molar-refractivity contribution in [3.8, 4) is 11.4 Å². The minimum atomic E-state index is -4.46. The lowest BCUT2D eigenvalue weighted by atomic mass is 10.1. The van der Waals surface area contributed by atoms with Crippen LogP contribution < -0.4 is 5.73 Å². The predicted molar refractivity (Wildman–Crippen MR) is 65.2 cm³/mol. The van der Waals surface area contributed by atoms with Crippen LogP contribution in [0.4, 0.5) is 18.9 Å². The Labute approximate surface area is 108 Å². The molecule has 2 rings (SSSR count). The van der Waals surface area contributed by atoms with Crippen molar-refractivity contribution in [2.75, 3.05) is 5.73 Å². The molecule has 0 aliphatic heterocycles. The van der Waals surface area contributed by atoms with Crippen molar-refractivity contribution in [1.29, 1.82) is 0 Å². The summed E-state index contributed by atoms with van der Waals surface area (Å²) in [5, 5.41) is 3.46. The molecule has 4 nitrogen and oxygen atoms in total. The number of pyridine rings is 1. The van der Waals surface area contributed by atoms with Gasteiger partial charge in [-0.15, -0.1) is 0 Å². The number of nitrogen functional groups attached to an aromatic ring is 1. The molecule has 0 aliphatic rings. The topological polar surface area (TPSA) is 56.7 Å². The number of rotatable bonds is 2.